The van der Waals surface area contributed by atoms with Crippen LogP contribution in [0, 0.1) is 5.92 Å². The Kier molecular flexibility index (Phi) is 5.63. The van der Waals surface area contributed by atoms with Gasteiger partial charge in [-0.1, -0.05) is 24.4 Å². The van der Waals surface area contributed by atoms with Crippen molar-refractivity contribution < 1.29 is 17.9 Å². The van der Waals surface area contributed by atoms with E-state index in [4.69, 9.17) is 21.1 Å². The van der Waals surface area contributed by atoms with Crippen molar-refractivity contribution in [1.29, 1.82) is 0 Å². The highest BCUT2D eigenvalue weighted by atomic mass is 35.5. The van der Waals surface area contributed by atoms with E-state index in [-0.39, 0.29) is 16.5 Å². The molecule has 25 heavy (non-hydrogen) atoms. The van der Waals surface area contributed by atoms with Crippen LogP contribution in [0.4, 0.5) is 0 Å². The minimum Gasteiger partial charge on any atom is -0.492 e. The van der Waals surface area contributed by atoms with E-state index in [1.165, 1.54) is 18.9 Å². The van der Waals surface area contributed by atoms with E-state index in [0.29, 0.717) is 36.8 Å². The second-order valence-corrected chi connectivity index (χ2v) is 9.71. The van der Waals surface area contributed by atoms with Crippen LogP contribution in [0.5, 0.6) is 5.75 Å². The van der Waals surface area contributed by atoms with Crippen LogP contribution in [0.25, 0.3) is 0 Å². The van der Waals surface area contributed by atoms with Gasteiger partial charge in [-0.3, -0.25) is 0 Å². The predicted octanol–water partition coefficient (Wildman–Crippen LogP) is 3.75. The lowest BCUT2D eigenvalue weighted by Gasteiger charge is -2.35. The van der Waals surface area contributed by atoms with E-state index in [0.717, 1.165) is 12.3 Å². The van der Waals surface area contributed by atoms with E-state index in [9.17, 15) is 8.42 Å². The lowest BCUT2D eigenvalue weighted by atomic mass is 9.95. The van der Waals surface area contributed by atoms with Crippen molar-refractivity contribution in [2.45, 2.75) is 62.5 Å². The van der Waals surface area contributed by atoms with Crippen LogP contribution >= 0.6 is 11.6 Å². The molecular formula is C18H26ClNO4S. The van der Waals surface area contributed by atoms with Gasteiger partial charge in [-0.2, -0.15) is 0 Å². The summed E-state index contributed by atoms with van der Waals surface area (Å²) in [7, 11) is -3.71. The molecule has 0 aromatic heterocycles. The zero-order valence-corrected chi connectivity index (χ0v) is 16.3. The number of nitrogens with one attached hydrogen (secondary N) is 1. The normalized spacial score (nSPS) is 23.4. The van der Waals surface area contributed by atoms with Crippen LogP contribution in [0.2, 0.25) is 5.02 Å². The summed E-state index contributed by atoms with van der Waals surface area (Å²) in [5.74, 6) is 1.10. The maximum absolute atomic E-state index is 12.9. The number of rotatable bonds is 7. The molecule has 1 aromatic rings. The third-order valence-electron chi connectivity index (χ3n) is 4.69. The molecule has 0 amide bonds. The molecule has 1 aliphatic heterocycles. The summed E-state index contributed by atoms with van der Waals surface area (Å²) in [6, 6.07) is 4.59. The van der Waals surface area contributed by atoms with Crippen LogP contribution in [0.3, 0.4) is 0 Å². The first kappa shape index (κ1) is 19.0. The molecule has 5 nitrogen and oxygen atoms in total. The molecule has 3 rings (SSSR count). The van der Waals surface area contributed by atoms with Gasteiger partial charge in [0.2, 0.25) is 10.0 Å². The molecule has 140 valence electrons. The fourth-order valence-electron chi connectivity index (χ4n) is 3.17. The Bertz CT molecular complexity index is 716. The first-order valence-corrected chi connectivity index (χ1v) is 10.7. The van der Waals surface area contributed by atoms with Gasteiger partial charge in [0.1, 0.15) is 10.6 Å². The van der Waals surface area contributed by atoms with Crippen molar-refractivity contribution >= 4 is 21.6 Å². The zero-order valence-electron chi connectivity index (χ0n) is 14.8. The van der Waals surface area contributed by atoms with Crippen molar-refractivity contribution in [2.24, 2.45) is 5.92 Å². The van der Waals surface area contributed by atoms with Crippen LogP contribution in [0.15, 0.2) is 23.1 Å². The topological polar surface area (TPSA) is 64.6 Å². The largest absolute Gasteiger partial charge is 0.492 e. The van der Waals surface area contributed by atoms with Gasteiger partial charge in [0.05, 0.1) is 12.2 Å². The Labute approximate surface area is 155 Å². The zero-order chi connectivity index (χ0) is 18.1. The highest BCUT2D eigenvalue weighted by Gasteiger charge is 2.32. The maximum Gasteiger partial charge on any atom is 0.244 e. The van der Waals surface area contributed by atoms with Crippen LogP contribution in [-0.2, 0) is 14.8 Å². The molecule has 1 saturated carbocycles. The van der Waals surface area contributed by atoms with Crippen LogP contribution in [-0.4, -0.2) is 33.3 Å². The fourth-order valence-corrected chi connectivity index (χ4v) is 4.85. The number of benzene rings is 1. The van der Waals surface area contributed by atoms with Crippen molar-refractivity contribution in [3.8, 4) is 5.75 Å². The smallest absolute Gasteiger partial charge is 0.244 e. The molecule has 1 atom stereocenters. The van der Waals surface area contributed by atoms with Gasteiger partial charge < -0.3 is 9.47 Å². The molecule has 1 N–H and O–H groups in total. The van der Waals surface area contributed by atoms with E-state index in [1.54, 1.807) is 12.1 Å². The number of halogens is 1. The summed E-state index contributed by atoms with van der Waals surface area (Å²) in [5, 5.41) is 0.377. The number of hydrogen-bond donors (Lipinski definition) is 1. The molecule has 1 aliphatic carbocycles. The summed E-state index contributed by atoms with van der Waals surface area (Å²) in [6.45, 7) is 5.01. The third-order valence-corrected chi connectivity index (χ3v) is 6.47. The predicted molar refractivity (Wildman–Crippen MR) is 97.7 cm³/mol. The Morgan fingerprint density at radius 1 is 1.32 bits per heavy atom. The quantitative estimate of drug-likeness (QED) is 0.773. The monoisotopic (exact) mass is 387 g/mol. The molecule has 0 radical (unpaired) electrons. The van der Waals surface area contributed by atoms with Gasteiger partial charge >= 0.3 is 0 Å². The summed E-state index contributed by atoms with van der Waals surface area (Å²) in [6.07, 6.45) is 4.74. The average molecular weight is 388 g/mol. The van der Waals surface area contributed by atoms with Gasteiger partial charge in [-0.25, -0.2) is 13.1 Å². The van der Waals surface area contributed by atoms with E-state index >= 15 is 0 Å². The molecule has 1 unspecified atom stereocenters. The molecular weight excluding hydrogens is 362 g/mol. The van der Waals surface area contributed by atoms with Gasteiger partial charge in [0.15, 0.2) is 0 Å². The molecule has 0 spiro atoms. The van der Waals surface area contributed by atoms with Crippen LogP contribution < -0.4 is 9.46 Å². The van der Waals surface area contributed by atoms with Crippen LogP contribution in [0.1, 0.15) is 46.0 Å². The maximum atomic E-state index is 12.9. The Hall–Kier alpha value is -0.820. The van der Waals surface area contributed by atoms with Crippen molar-refractivity contribution in [3.05, 3.63) is 23.2 Å². The van der Waals surface area contributed by atoms with Gasteiger partial charge in [0.25, 0.3) is 0 Å². The molecule has 2 aliphatic rings. The Morgan fingerprint density at radius 2 is 2.08 bits per heavy atom. The van der Waals surface area contributed by atoms with Crippen molar-refractivity contribution in [3.63, 3.8) is 0 Å². The highest BCUT2D eigenvalue weighted by molar-refractivity contribution is 7.89. The third kappa shape index (κ3) is 5.33. The second kappa shape index (κ2) is 7.43. The molecule has 0 bridgehead atoms. The summed E-state index contributed by atoms with van der Waals surface area (Å²) in [5.41, 5.74) is -0.330. The van der Waals surface area contributed by atoms with Gasteiger partial charge in [-0.05, 0) is 57.2 Å². The molecule has 2 fully saturated rings. The minimum absolute atomic E-state index is 0.111. The summed E-state index contributed by atoms with van der Waals surface area (Å²) >= 11 is 6.04. The first-order valence-electron chi connectivity index (χ1n) is 8.84. The summed E-state index contributed by atoms with van der Waals surface area (Å²) < 4.78 is 40.0. The summed E-state index contributed by atoms with van der Waals surface area (Å²) in [4.78, 5) is 0.111. The standard InChI is InChI=1S/C18H26ClNO4S/c1-18(2)12-15(8-10-24-18)20-25(21,22)17-11-14(19)5-6-16(17)23-9-7-13-3-4-13/h5-6,11,13,15,20H,3-4,7-10,12H2,1-2H3. The number of ether oxygens (including phenoxy) is 2. The minimum atomic E-state index is -3.71. The van der Waals surface area contributed by atoms with Crippen molar-refractivity contribution in [2.75, 3.05) is 13.2 Å². The lowest BCUT2D eigenvalue weighted by molar-refractivity contribution is -0.0599. The molecule has 1 heterocycles. The molecule has 1 saturated heterocycles. The highest BCUT2D eigenvalue weighted by Crippen LogP contribution is 2.34. The number of sulfonamides is 1. The van der Waals surface area contributed by atoms with Gasteiger partial charge in [-0.15, -0.1) is 0 Å². The fraction of sp³-hybridized carbons (Fsp3) is 0.667. The Morgan fingerprint density at radius 3 is 2.76 bits per heavy atom. The second-order valence-electron chi connectivity index (χ2n) is 7.59. The SMILES string of the molecule is CC1(C)CC(NS(=O)(=O)c2cc(Cl)ccc2OCCC2CC2)CCO1. The number of hydrogen-bond acceptors (Lipinski definition) is 4. The first-order chi connectivity index (χ1) is 11.8. The van der Waals surface area contributed by atoms with E-state index in [1.807, 2.05) is 13.8 Å². The molecule has 1 aromatic carbocycles. The Balaban J connectivity index is 1.74. The average Bonchev–Trinajstić information content (AvgIpc) is 3.31. The van der Waals surface area contributed by atoms with Gasteiger partial charge in [0, 0.05) is 17.7 Å². The van der Waals surface area contributed by atoms with Crippen molar-refractivity contribution in [1.82, 2.24) is 4.72 Å². The van der Waals surface area contributed by atoms with E-state index in [2.05, 4.69) is 4.72 Å². The molecule has 7 heteroatoms. The lowest BCUT2D eigenvalue weighted by Crippen LogP contribution is -2.45. The van der Waals surface area contributed by atoms with E-state index < -0.39 is 10.0 Å².